The van der Waals surface area contributed by atoms with E-state index in [4.69, 9.17) is 0 Å². The molecule has 0 spiro atoms. The Morgan fingerprint density at radius 1 is 1.13 bits per heavy atom. The van der Waals surface area contributed by atoms with E-state index < -0.39 is 0 Å². The van der Waals surface area contributed by atoms with Crippen molar-refractivity contribution < 1.29 is 15.3 Å². The molecule has 0 bridgehead atoms. The second kappa shape index (κ2) is 10.1. The van der Waals surface area contributed by atoms with Gasteiger partial charge >= 0.3 is 0 Å². The van der Waals surface area contributed by atoms with Gasteiger partial charge in [0.25, 0.3) is 0 Å². The van der Waals surface area contributed by atoms with Crippen LogP contribution in [-0.4, -0.2) is 34.1 Å². The van der Waals surface area contributed by atoms with Crippen LogP contribution in [0.5, 0.6) is 0 Å². The van der Waals surface area contributed by atoms with Crippen molar-refractivity contribution in [1.82, 2.24) is 0 Å². The molecule has 3 aliphatic rings. The average Bonchev–Trinajstić information content (AvgIpc) is 3.06. The summed E-state index contributed by atoms with van der Waals surface area (Å²) in [5.41, 5.74) is 4.35. The van der Waals surface area contributed by atoms with Gasteiger partial charge in [0.1, 0.15) is 0 Å². The molecule has 0 aliphatic heterocycles. The molecule has 170 valence electrons. The topological polar surface area (TPSA) is 60.7 Å². The van der Waals surface area contributed by atoms with Gasteiger partial charge in [0.15, 0.2) is 0 Å². The van der Waals surface area contributed by atoms with Crippen LogP contribution in [0.1, 0.15) is 85.0 Å². The smallest absolute Gasteiger partial charge is 0.0583 e. The van der Waals surface area contributed by atoms with Crippen molar-refractivity contribution in [2.24, 2.45) is 29.1 Å². The number of hydrogen-bond donors (Lipinski definition) is 3. The van der Waals surface area contributed by atoms with Crippen molar-refractivity contribution in [3.63, 3.8) is 0 Å². The lowest BCUT2D eigenvalue weighted by molar-refractivity contribution is 0.0516. The molecule has 0 amide bonds. The van der Waals surface area contributed by atoms with Crippen LogP contribution in [0, 0.1) is 29.1 Å². The van der Waals surface area contributed by atoms with Crippen LogP contribution in [-0.2, 0) is 0 Å². The van der Waals surface area contributed by atoms with Crippen LogP contribution in [0.3, 0.4) is 0 Å². The summed E-state index contributed by atoms with van der Waals surface area (Å²) in [4.78, 5) is 0. The Labute approximate surface area is 184 Å². The summed E-state index contributed by atoms with van der Waals surface area (Å²) in [6, 6.07) is 0. The van der Waals surface area contributed by atoms with E-state index in [0.717, 1.165) is 25.7 Å². The number of fused-ring (bicyclic) bond motifs is 1. The van der Waals surface area contributed by atoms with Crippen LogP contribution in [0.4, 0.5) is 0 Å². The third-order valence-corrected chi connectivity index (χ3v) is 8.54. The molecular weight excluding hydrogens is 372 g/mol. The minimum absolute atomic E-state index is 0.155. The molecule has 3 saturated carbocycles. The molecular formula is C27H44O3. The lowest BCUT2D eigenvalue weighted by atomic mass is 9.60. The molecule has 0 radical (unpaired) electrons. The molecule has 3 nitrogen and oxygen atoms in total. The molecule has 3 unspecified atom stereocenters. The van der Waals surface area contributed by atoms with Gasteiger partial charge in [-0.2, -0.15) is 0 Å². The molecule has 0 heterocycles. The molecule has 3 heteroatoms. The number of rotatable bonds is 7. The molecule has 3 aliphatic carbocycles. The molecule has 3 rings (SSSR count). The van der Waals surface area contributed by atoms with E-state index in [1.807, 2.05) is 6.92 Å². The summed E-state index contributed by atoms with van der Waals surface area (Å²) in [6.45, 7) is 11.2. The highest BCUT2D eigenvalue weighted by molar-refractivity contribution is 5.36. The normalized spacial score (nSPS) is 37.9. The Bertz CT molecular complexity index is 663. The minimum Gasteiger partial charge on any atom is -0.396 e. The summed E-state index contributed by atoms with van der Waals surface area (Å²) in [6.07, 6.45) is 14.4. The van der Waals surface area contributed by atoms with Crippen molar-refractivity contribution in [2.45, 2.75) is 97.2 Å². The summed E-state index contributed by atoms with van der Waals surface area (Å²) in [5.74, 6) is 1.98. The van der Waals surface area contributed by atoms with E-state index in [0.29, 0.717) is 29.6 Å². The van der Waals surface area contributed by atoms with Gasteiger partial charge in [0.2, 0.25) is 0 Å². The first-order valence-corrected chi connectivity index (χ1v) is 12.3. The van der Waals surface area contributed by atoms with Gasteiger partial charge in [-0.25, -0.2) is 0 Å². The van der Waals surface area contributed by atoms with Crippen molar-refractivity contribution in [2.75, 3.05) is 6.61 Å². The van der Waals surface area contributed by atoms with Gasteiger partial charge in [-0.1, -0.05) is 50.6 Å². The van der Waals surface area contributed by atoms with Gasteiger partial charge < -0.3 is 15.3 Å². The predicted octanol–water partition coefficient (Wildman–Crippen LogP) is 5.56. The summed E-state index contributed by atoms with van der Waals surface area (Å²) >= 11 is 0. The molecule has 7 atom stereocenters. The number of aliphatic hydroxyl groups is 3. The Balaban J connectivity index is 1.69. The van der Waals surface area contributed by atoms with E-state index in [-0.39, 0.29) is 24.7 Å². The van der Waals surface area contributed by atoms with E-state index in [1.54, 1.807) is 5.57 Å². The van der Waals surface area contributed by atoms with Crippen LogP contribution >= 0.6 is 0 Å². The average molecular weight is 417 g/mol. The van der Waals surface area contributed by atoms with Crippen molar-refractivity contribution in [1.29, 1.82) is 0 Å². The zero-order valence-corrected chi connectivity index (χ0v) is 19.4. The lowest BCUT2D eigenvalue weighted by Gasteiger charge is -2.44. The van der Waals surface area contributed by atoms with E-state index >= 15 is 0 Å². The summed E-state index contributed by atoms with van der Waals surface area (Å²) in [7, 11) is 0. The highest BCUT2D eigenvalue weighted by Gasteiger charge is 2.50. The maximum Gasteiger partial charge on any atom is 0.0583 e. The zero-order valence-electron chi connectivity index (χ0n) is 19.4. The first-order valence-electron chi connectivity index (χ1n) is 12.3. The second-order valence-electron chi connectivity index (χ2n) is 10.9. The molecule has 0 saturated heterocycles. The van der Waals surface area contributed by atoms with Crippen LogP contribution in [0.2, 0.25) is 0 Å². The van der Waals surface area contributed by atoms with E-state index in [9.17, 15) is 15.3 Å². The highest BCUT2D eigenvalue weighted by Crippen LogP contribution is 2.60. The minimum atomic E-state index is -0.308. The number of allylic oxidation sites excluding steroid dienone is 4. The fourth-order valence-electron chi connectivity index (χ4n) is 6.84. The maximum absolute atomic E-state index is 10.5. The Hall–Kier alpha value is -0.900. The molecule has 0 aromatic rings. The molecule has 0 aromatic carbocycles. The standard InChI is InChI=1S/C27H44O3/c1-18(17-28)14-24(30)15-20(3)25-11-12-26-21(6-5-13-27(25,26)4)8-9-22-16-23(29)10-7-19(22)2/h8-9,18,20,23-26,28-30H,2,5-7,10-17H2,1,3-4H3/b21-8?,22-9-/t18?,20-,23+,24?,25-,26?,27-/m1/s1. The van der Waals surface area contributed by atoms with Crippen LogP contribution < -0.4 is 0 Å². The molecule has 3 N–H and O–H groups in total. The first kappa shape index (κ1) is 23.8. The fraction of sp³-hybridized carbons (Fsp3) is 0.778. The highest BCUT2D eigenvalue weighted by atomic mass is 16.3. The summed E-state index contributed by atoms with van der Waals surface area (Å²) < 4.78 is 0. The maximum atomic E-state index is 10.5. The molecule has 3 fully saturated rings. The van der Waals surface area contributed by atoms with Crippen molar-refractivity contribution in [3.8, 4) is 0 Å². The fourth-order valence-corrected chi connectivity index (χ4v) is 6.84. The van der Waals surface area contributed by atoms with Gasteiger partial charge in [-0.05, 0) is 98.9 Å². The van der Waals surface area contributed by atoms with Gasteiger partial charge in [0.05, 0.1) is 12.2 Å². The van der Waals surface area contributed by atoms with E-state index in [2.05, 4.69) is 32.6 Å². The van der Waals surface area contributed by atoms with Gasteiger partial charge in [-0.3, -0.25) is 0 Å². The number of hydrogen-bond acceptors (Lipinski definition) is 3. The SMILES string of the molecule is C=C1CC[C@H](O)C/C1=C/C=C1CCC[C@@]2(C)C1CC[C@@H]2[C@H](C)CC(O)CC(C)CO. The molecule has 0 aromatic heterocycles. The van der Waals surface area contributed by atoms with E-state index in [1.165, 1.54) is 43.3 Å². The number of aliphatic hydroxyl groups excluding tert-OH is 3. The summed E-state index contributed by atoms with van der Waals surface area (Å²) in [5, 5.41) is 29.8. The van der Waals surface area contributed by atoms with Crippen LogP contribution in [0.15, 0.2) is 35.5 Å². The largest absolute Gasteiger partial charge is 0.396 e. The van der Waals surface area contributed by atoms with Crippen molar-refractivity contribution >= 4 is 0 Å². The van der Waals surface area contributed by atoms with Crippen molar-refractivity contribution in [3.05, 3.63) is 35.5 Å². The Morgan fingerprint density at radius 3 is 2.63 bits per heavy atom. The van der Waals surface area contributed by atoms with Gasteiger partial charge in [0, 0.05) is 6.61 Å². The van der Waals surface area contributed by atoms with Gasteiger partial charge in [-0.15, -0.1) is 0 Å². The predicted molar refractivity (Wildman–Crippen MR) is 124 cm³/mol. The van der Waals surface area contributed by atoms with Crippen LogP contribution in [0.25, 0.3) is 0 Å². The monoisotopic (exact) mass is 416 g/mol. The third kappa shape index (κ3) is 5.29. The third-order valence-electron chi connectivity index (χ3n) is 8.54. The Morgan fingerprint density at radius 2 is 1.90 bits per heavy atom. The zero-order chi connectivity index (χ0) is 21.9. The second-order valence-corrected chi connectivity index (χ2v) is 10.9. The first-order chi connectivity index (χ1) is 14.2. The molecule has 30 heavy (non-hydrogen) atoms. The quantitative estimate of drug-likeness (QED) is 0.509. The Kier molecular flexibility index (Phi) is 8.03. The lowest BCUT2D eigenvalue weighted by Crippen LogP contribution is -2.37.